The van der Waals surface area contributed by atoms with E-state index in [-0.39, 0.29) is 11.7 Å². The van der Waals surface area contributed by atoms with Gasteiger partial charge in [-0.15, -0.1) is 0 Å². The van der Waals surface area contributed by atoms with Gasteiger partial charge in [0.2, 0.25) is 0 Å². The Morgan fingerprint density at radius 2 is 2.06 bits per heavy atom. The molecule has 0 bridgehead atoms. The molecule has 4 heteroatoms. The summed E-state index contributed by atoms with van der Waals surface area (Å²) in [5.41, 5.74) is 0.725. The quantitative estimate of drug-likeness (QED) is 0.862. The highest BCUT2D eigenvalue weighted by atomic mass is 35.5. The highest BCUT2D eigenvalue weighted by molar-refractivity contribution is 6.32. The Morgan fingerprint density at radius 3 is 2.69 bits per heavy atom. The summed E-state index contributed by atoms with van der Waals surface area (Å²) in [5.74, 6) is 0.599. The van der Waals surface area contributed by atoms with E-state index < -0.39 is 0 Å². The largest absolute Gasteiger partial charge is 0.495 e. The van der Waals surface area contributed by atoms with Crippen molar-refractivity contribution in [2.45, 2.75) is 18.8 Å². The number of hydrogen-bond donors (Lipinski definition) is 1. The third-order valence-electron chi connectivity index (χ3n) is 3.05. The van der Waals surface area contributed by atoms with Gasteiger partial charge in [-0.05, 0) is 49.5 Å². The van der Waals surface area contributed by atoms with Crippen LogP contribution in [0.4, 0.5) is 4.39 Å². The highest BCUT2D eigenvalue weighted by Gasteiger charge is 2.20. The first-order chi connectivity index (χ1) is 7.72. The topological polar surface area (TPSA) is 21.3 Å². The second-order valence-corrected chi connectivity index (χ2v) is 4.44. The van der Waals surface area contributed by atoms with Crippen LogP contribution in [0.2, 0.25) is 5.02 Å². The number of nitrogens with one attached hydrogen (secondary N) is 1. The Kier molecular flexibility index (Phi) is 3.66. The van der Waals surface area contributed by atoms with Crippen LogP contribution in [-0.4, -0.2) is 20.2 Å². The predicted octanol–water partition coefficient (Wildman–Crippen LogP) is 2.95. The molecule has 88 valence electrons. The fourth-order valence-electron chi connectivity index (χ4n) is 2.15. The normalized spacial score (nSPS) is 17.4. The van der Waals surface area contributed by atoms with E-state index in [4.69, 9.17) is 16.3 Å². The van der Waals surface area contributed by atoms with E-state index in [9.17, 15) is 4.39 Å². The van der Waals surface area contributed by atoms with Crippen molar-refractivity contribution in [1.29, 1.82) is 0 Å². The molecule has 0 aliphatic carbocycles. The van der Waals surface area contributed by atoms with Gasteiger partial charge in [0.05, 0.1) is 12.1 Å². The van der Waals surface area contributed by atoms with Crippen LogP contribution < -0.4 is 10.1 Å². The van der Waals surface area contributed by atoms with Crippen molar-refractivity contribution in [1.82, 2.24) is 5.32 Å². The molecule has 1 aromatic rings. The van der Waals surface area contributed by atoms with E-state index in [0.29, 0.717) is 10.8 Å². The van der Waals surface area contributed by atoms with Crippen molar-refractivity contribution in [3.05, 3.63) is 28.5 Å². The molecule has 1 saturated heterocycles. The average molecular weight is 244 g/mol. The molecule has 0 saturated carbocycles. The van der Waals surface area contributed by atoms with E-state index in [2.05, 4.69) is 5.32 Å². The summed E-state index contributed by atoms with van der Waals surface area (Å²) >= 11 is 5.86. The van der Waals surface area contributed by atoms with E-state index in [0.717, 1.165) is 31.5 Å². The molecule has 2 rings (SSSR count). The zero-order chi connectivity index (χ0) is 11.5. The minimum Gasteiger partial charge on any atom is -0.495 e. The van der Waals surface area contributed by atoms with Crippen LogP contribution in [0.3, 0.4) is 0 Å². The number of piperidine rings is 1. The van der Waals surface area contributed by atoms with Crippen molar-refractivity contribution >= 4 is 11.6 Å². The lowest BCUT2D eigenvalue weighted by Crippen LogP contribution is -2.27. The fraction of sp³-hybridized carbons (Fsp3) is 0.500. The third-order valence-corrected chi connectivity index (χ3v) is 3.35. The van der Waals surface area contributed by atoms with Crippen LogP contribution in [0.1, 0.15) is 24.3 Å². The van der Waals surface area contributed by atoms with Gasteiger partial charge in [-0.3, -0.25) is 0 Å². The minimum atomic E-state index is -0.224. The van der Waals surface area contributed by atoms with Crippen LogP contribution in [0.15, 0.2) is 12.1 Å². The van der Waals surface area contributed by atoms with E-state index in [1.54, 1.807) is 13.2 Å². The molecular formula is C12H15ClFNO. The molecule has 2 nitrogen and oxygen atoms in total. The van der Waals surface area contributed by atoms with Gasteiger partial charge in [-0.1, -0.05) is 11.6 Å². The number of methoxy groups -OCH3 is 1. The van der Waals surface area contributed by atoms with Gasteiger partial charge in [-0.25, -0.2) is 4.39 Å². The van der Waals surface area contributed by atoms with Crippen molar-refractivity contribution < 1.29 is 9.13 Å². The molecule has 1 aliphatic heterocycles. The lowest BCUT2D eigenvalue weighted by Gasteiger charge is -2.23. The van der Waals surface area contributed by atoms with Gasteiger partial charge >= 0.3 is 0 Å². The van der Waals surface area contributed by atoms with Crippen molar-refractivity contribution in [2.24, 2.45) is 0 Å². The maximum atomic E-state index is 13.8. The van der Waals surface area contributed by atoms with Gasteiger partial charge in [0.15, 0.2) is 0 Å². The molecule has 1 aliphatic rings. The number of halogens is 2. The molecule has 1 N–H and O–H groups in total. The molecule has 0 radical (unpaired) electrons. The van der Waals surface area contributed by atoms with Gasteiger partial charge in [0.25, 0.3) is 0 Å². The minimum absolute atomic E-state index is 0.224. The summed E-state index contributed by atoms with van der Waals surface area (Å²) in [6, 6.07) is 3.07. The molecule has 1 fully saturated rings. The molecular weight excluding hydrogens is 229 g/mol. The zero-order valence-corrected chi connectivity index (χ0v) is 9.98. The maximum absolute atomic E-state index is 13.8. The number of benzene rings is 1. The van der Waals surface area contributed by atoms with E-state index in [1.807, 2.05) is 0 Å². The van der Waals surface area contributed by atoms with Crippen molar-refractivity contribution in [2.75, 3.05) is 20.2 Å². The smallest absolute Gasteiger partial charge is 0.137 e. The first kappa shape index (κ1) is 11.7. The summed E-state index contributed by atoms with van der Waals surface area (Å²) in [5, 5.41) is 3.60. The molecule has 0 spiro atoms. The Bertz CT molecular complexity index is 378. The highest BCUT2D eigenvalue weighted by Crippen LogP contribution is 2.34. The monoisotopic (exact) mass is 243 g/mol. The second kappa shape index (κ2) is 5.02. The Balaban J connectivity index is 2.31. The van der Waals surface area contributed by atoms with Crippen LogP contribution in [0.25, 0.3) is 0 Å². The summed E-state index contributed by atoms with van der Waals surface area (Å²) in [7, 11) is 1.55. The maximum Gasteiger partial charge on any atom is 0.137 e. The molecule has 16 heavy (non-hydrogen) atoms. The summed E-state index contributed by atoms with van der Waals surface area (Å²) in [4.78, 5) is 0. The van der Waals surface area contributed by atoms with Gasteiger partial charge < -0.3 is 10.1 Å². The zero-order valence-electron chi connectivity index (χ0n) is 9.22. The molecule has 1 heterocycles. The SMILES string of the molecule is COc1cc(C2CCNCC2)c(F)cc1Cl. The summed E-state index contributed by atoms with van der Waals surface area (Å²) < 4.78 is 18.9. The number of rotatable bonds is 2. The Hall–Kier alpha value is -0.800. The first-order valence-electron chi connectivity index (χ1n) is 5.46. The molecule has 0 amide bonds. The molecule has 0 atom stereocenters. The summed E-state index contributed by atoms with van der Waals surface area (Å²) in [6.07, 6.45) is 1.92. The number of hydrogen-bond acceptors (Lipinski definition) is 2. The standard InChI is InChI=1S/C12H15ClFNO/c1-16-12-6-9(11(14)7-10(12)13)8-2-4-15-5-3-8/h6-8,15H,2-5H2,1H3. The first-order valence-corrected chi connectivity index (χ1v) is 5.84. The third kappa shape index (κ3) is 2.30. The number of ether oxygens (including phenoxy) is 1. The van der Waals surface area contributed by atoms with Gasteiger partial charge in [0.1, 0.15) is 11.6 Å². The van der Waals surface area contributed by atoms with Crippen molar-refractivity contribution in [3.63, 3.8) is 0 Å². The second-order valence-electron chi connectivity index (χ2n) is 4.03. The Morgan fingerprint density at radius 1 is 1.38 bits per heavy atom. The molecule has 0 unspecified atom stereocenters. The predicted molar refractivity (Wildman–Crippen MR) is 62.8 cm³/mol. The van der Waals surface area contributed by atoms with Crippen molar-refractivity contribution in [3.8, 4) is 5.75 Å². The Labute approximate surface area is 99.7 Å². The molecule has 0 aromatic heterocycles. The lowest BCUT2D eigenvalue weighted by molar-refractivity contribution is 0.407. The van der Waals surface area contributed by atoms with E-state index in [1.165, 1.54) is 6.07 Å². The van der Waals surface area contributed by atoms with Gasteiger partial charge in [-0.2, -0.15) is 0 Å². The fourth-order valence-corrected chi connectivity index (χ4v) is 2.37. The van der Waals surface area contributed by atoms with Crippen LogP contribution in [0.5, 0.6) is 5.75 Å². The van der Waals surface area contributed by atoms with Crippen LogP contribution >= 0.6 is 11.6 Å². The average Bonchev–Trinajstić information content (AvgIpc) is 2.30. The van der Waals surface area contributed by atoms with E-state index >= 15 is 0 Å². The summed E-state index contributed by atoms with van der Waals surface area (Å²) in [6.45, 7) is 1.88. The van der Waals surface area contributed by atoms with Gasteiger partial charge in [0, 0.05) is 0 Å². The van der Waals surface area contributed by atoms with Crippen LogP contribution in [0, 0.1) is 5.82 Å². The lowest BCUT2D eigenvalue weighted by atomic mass is 9.90. The molecule has 1 aromatic carbocycles. The van der Waals surface area contributed by atoms with Crippen LogP contribution in [-0.2, 0) is 0 Å².